The van der Waals surface area contributed by atoms with Crippen LogP contribution in [0.25, 0.3) is 0 Å². The van der Waals surface area contributed by atoms with Crippen molar-refractivity contribution in [3.05, 3.63) is 47.6 Å². The molecule has 0 aliphatic carbocycles. The number of benzene rings is 1. The molecule has 2 fully saturated rings. The number of carbonyl (C=O) groups is 1. The summed E-state index contributed by atoms with van der Waals surface area (Å²) in [7, 11) is 0. The third-order valence-corrected chi connectivity index (χ3v) is 5.12. The van der Waals surface area contributed by atoms with E-state index in [2.05, 4.69) is 10.1 Å². The molecule has 1 aromatic carbocycles. The molecule has 0 spiro atoms. The highest BCUT2D eigenvalue weighted by Crippen LogP contribution is 2.30. The summed E-state index contributed by atoms with van der Waals surface area (Å²) < 4.78 is 10.9. The summed E-state index contributed by atoms with van der Waals surface area (Å²) in [6.07, 6.45) is 3.83. The number of amides is 1. The van der Waals surface area contributed by atoms with E-state index in [1.54, 1.807) is 0 Å². The Bertz CT molecular complexity index is 710. The van der Waals surface area contributed by atoms with Crippen molar-refractivity contribution in [3.63, 3.8) is 0 Å². The lowest BCUT2D eigenvalue weighted by Crippen LogP contribution is -2.39. The Kier molecular flexibility index (Phi) is 4.78. The van der Waals surface area contributed by atoms with Gasteiger partial charge >= 0.3 is 0 Å². The first kappa shape index (κ1) is 16.3. The van der Waals surface area contributed by atoms with Gasteiger partial charge in [-0.15, -0.1) is 0 Å². The molecule has 2 aliphatic heterocycles. The average molecular weight is 341 g/mol. The van der Waals surface area contributed by atoms with Crippen LogP contribution in [0.3, 0.4) is 0 Å². The van der Waals surface area contributed by atoms with Crippen molar-refractivity contribution in [1.82, 2.24) is 15.0 Å². The van der Waals surface area contributed by atoms with Crippen molar-refractivity contribution in [2.45, 2.75) is 37.5 Å². The Morgan fingerprint density at radius 1 is 1.08 bits per heavy atom. The van der Waals surface area contributed by atoms with Gasteiger partial charge in [-0.05, 0) is 37.8 Å². The van der Waals surface area contributed by atoms with Gasteiger partial charge in [0.15, 0.2) is 5.82 Å². The Hall–Kier alpha value is -2.21. The lowest BCUT2D eigenvalue weighted by atomic mass is 9.96. The van der Waals surface area contributed by atoms with Crippen LogP contribution in [-0.4, -0.2) is 47.3 Å². The number of ether oxygens (including phenoxy) is 1. The molecule has 4 rings (SSSR count). The molecule has 1 atom stereocenters. The highest BCUT2D eigenvalue weighted by molar-refractivity contribution is 5.94. The summed E-state index contributed by atoms with van der Waals surface area (Å²) in [4.78, 5) is 19.2. The number of carbonyl (C=O) groups excluding carboxylic acids is 1. The molecule has 0 N–H and O–H groups in total. The molecule has 1 unspecified atom stereocenters. The van der Waals surface area contributed by atoms with Gasteiger partial charge in [0, 0.05) is 37.8 Å². The highest BCUT2D eigenvalue weighted by Gasteiger charge is 2.30. The van der Waals surface area contributed by atoms with Gasteiger partial charge in [0.25, 0.3) is 5.91 Å². The average Bonchev–Trinajstić information content (AvgIpc) is 3.19. The molecule has 132 valence electrons. The number of aromatic nitrogens is 2. The fourth-order valence-corrected chi connectivity index (χ4v) is 3.66. The predicted molar refractivity (Wildman–Crippen MR) is 91.4 cm³/mol. The second kappa shape index (κ2) is 7.35. The van der Waals surface area contributed by atoms with Gasteiger partial charge < -0.3 is 14.2 Å². The number of hydrogen-bond acceptors (Lipinski definition) is 5. The minimum atomic E-state index is 0.0782. The molecule has 0 radical (unpaired) electrons. The number of rotatable bonds is 3. The first-order valence-corrected chi connectivity index (χ1v) is 9.07. The van der Waals surface area contributed by atoms with Crippen molar-refractivity contribution in [3.8, 4) is 0 Å². The zero-order chi connectivity index (χ0) is 17.1. The van der Waals surface area contributed by atoms with Crippen molar-refractivity contribution < 1.29 is 14.1 Å². The van der Waals surface area contributed by atoms with E-state index in [9.17, 15) is 4.79 Å². The molecule has 3 heterocycles. The summed E-state index contributed by atoms with van der Waals surface area (Å²) in [6.45, 7) is 2.95. The van der Waals surface area contributed by atoms with E-state index < -0.39 is 0 Å². The zero-order valence-corrected chi connectivity index (χ0v) is 14.3. The molecule has 0 bridgehead atoms. The molecule has 2 aromatic rings. The summed E-state index contributed by atoms with van der Waals surface area (Å²) in [5.41, 5.74) is 0.733. The van der Waals surface area contributed by atoms with Crippen LogP contribution in [0.1, 0.15) is 59.6 Å². The summed E-state index contributed by atoms with van der Waals surface area (Å²) in [5, 5.41) is 4.20. The molecular weight excluding hydrogens is 318 g/mol. The second-order valence-electron chi connectivity index (χ2n) is 6.83. The van der Waals surface area contributed by atoms with Gasteiger partial charge in [-0.3, -0.25) is 4.79 Å². The van der Waals surface area contributed by atoms with Crippen LogP contribution in [0.4, 0.5) is 0 Å². The third-order valence-electron chi connectivity index (χ3n) is 5.12. The van der Waals surface area contributed by atoms with E-state index in [0.29, 0.717) is 18.4 Å². The van der Waals surface area contributed by atoms with Crippen molar-refractivity contribution in [2.24, 2.45) is 0 Å². The monoisotopic (exact) mass is 341 g/mol. The Labute approximate surface area is 147 Å². The van der Waals surface area contributed by atoms with Crippen molar-refractivity contribution >= 4 is 5.91 Å². The molecule has 0 saturated carbocycles. The molecule has 6 heteroatoms. The van der Waals surface area contributed by atoms with Crippen LogP contribution in [0.2, 0.25) is 0 Å². The van der Waals surface area contributed by atoms with Gasteiger partial charge in [-0.2, -0.15) is 4.98 Å². The normalized spacial score (nSPS) is 22.1. The second-order valence-corrected chi connectivity index (χ2v) is 6.83. The third kappa shape index (κ3) is 3.58. The van der Waals surface area contributed by atoms with Gasteiger partial charge in [0.1, 0.15) is 0 Å². The Morgan fingerprint density at radius 3 is 2.68 bits per heavy atom. The first-order valence-electron chi connectivity index (χ1n) is 9.07. The standard InChI is InChI=1S/C19H23N3O3/c23-19(15-5-2-1-3-6-15)22-10-4-7-16(13-22)18-20-17(21-25-18)14-8-11-24-12-9-14/h1-3,5-6,14,16H,4,7-13H2. The maximum atomic E-state index is 12.7. The molecule has 2 aliphatic rings. The van der Waals surface area contributed by atoms with Gasteiger partial charge in [0.05, 0.1) is 5.92 Å². The molecule has 6 nitrogen and oxygen atoms in total. The van der Waals surface area contributed by atoms with E-state index in [-0.39, 0.29) is 11.8 Å². The summed E-state index contributed by atoms with van der Waals surface area (Å²) in [5.74, 6) is 2.01. The van der Waals surface area contributed by atoms with E-state index in [0.717, 1.165) is 56.8 Å². The number of piperidine rings is 1. The topological polar surface area (TPSA) is 68.5 Å². The number of hydrogen-bond donors (Lipinski definition) is 0. The van der Waals surface area contributed by atoms with Crippen molar-refractivity contribution in [2.75, 3.05) is 26.3 Å². The van der Waals surface area contributed by atoms with Gasteiger partial charge in [-0.25, -0.2) is 0 Å². The number of nitrogens with zero attached hydrogens (tertiary/aromatic N) is 3. The van der Waals surface area contributed by atoms with Gasteiger partial charge in [0.2, 0.25) is 5.89 Å². The van der Waals surface area contributed by atoms with Crippen LogP contribution >= 0.6 is 0 Å². The maximum absolute atomic E-state index is 12.7. The van der Waals surface area contributed by atoms with E-state index in [4.69, 9.17) is 9.26 Å². The summed E-state index contributed by atoms with van der Waals surface area (Å²) in [6, 6.07) is 9.44. The lowest BCUT2D eigenvalue weighted by Gasteiger charge is -2.31. The van der Waals surface area contributed by atoms with E-state index in [1.807, 2.05) is 35.2 Å². The van der Waals surface area contributed by atoms with Crippen LogP contribution in [0, 0.1) is 0 Å². The van der Waals surface area contributed by atoms with Crippen molar-refractivity contribution in [1.29, 1.82) is 0 Å². The minimum absolute atomic E-state index is 0.0782. The number of likely N-dealkylation sites (tertiary alicyclic amines) is 1. The smallest absolute Gasteiger partial charge is 0.253 e. The first-order chi connectivity index (χ1) is 12.3. The van der Waals surface area contributed by atoms with Gasteiger partial charge in [-0.1, -0.05) is 23.4 Å². The maximum Gasteiger partial charge on any atom is 0.253 e. The quantitative estimate of drug-likeness (QED) is 0.858. The fraction of sp³-hybridized carbons (Fsp3) is 0.526. The lowest BCUT2D eigenvalue weighted by molar-refractivity contribution is 0.0695. The zero-order valence-electron chi connectivity index (χ0n) is 14.3. The van der Waals surface area contributed by atoms with Crippen LogP contribution < -0.4 is 0 Å². The summed E-state index contributed by atoms with van der Waals surface area (Å²) >= 11 is 0. The molecule has 1 aromatic heterocycles. The minimum Gasteiger partial charge on any atom is -0.381 e. The van der Waals surface area contributed by atoms with Crippen LogP contribution in [0.15, 0.2) is 34.9 Å². The molecule has 25 heavy (non-hydrogen) atoms. The van der Waals surface area contributed by atoms with Crippen LogP contribution in [-0.2, 0) is 4.74 Å². The SMILES string of the molecule is O=C(c1ccccc1)N1CCCC(c2nc(C3CCOCC3)no2)C1. The Balaban J connectivity index is 1.44. The largest absolute Gasteiger partial charge is 0.381 e. The van der Waals surface area contributed by atoms with Crippen LogP contribution in [0.5, 0.6) is 0 Å². The molecule has 2 saturated heterocycles. The predicted octanol–water partition coefficient (Wildman–Crippen LogP) is 2.98. The fourth-order valence-electron chi connectivity index (χ4n) is 3.66. The highest BCUT2D eigenvalue weighted by atomic mass is 16.5. The molecule has 1 amide bonds. The van der Waals surface area contributed by atoms with E-state index >= 15 is 0 Å². The van der Waals surface area contributed by atoms with E-state index in [1.165, 1.54) is 0 Å². The Morgan fingerprint density at radius 2 is 1.88 bits per heavy atom. The molecular formula is C19H23N3O3.